The zero-order chi connectivity index (χ0) is 16.9. The normalized spacial score (nSPS) is 11.9. The third-order valence-corrected chi connectivity index (χ3v) is 3.58. The molecule has 0 saturated heterocycles. The standard InChI is InChI=1S/C18H18N4O2/c1-13(2)18(23)24-21-17(10-22-12-19-11-20-22)16-8-7-14-5-3-4-6-15(14)9-16/h3-9,11-13H,10H2,1-2H3/b21-17+. The zero-order valence-corrected chi connectivity index (χ0v) is 13.6. The highest BCUT2D eigenvalue weighted by Gasteiger charge is 2.12. The third-order valence-electron chi connectivity index (χ3n) is 3.58. The second kappa shape index (κ2) is 7.04. The van der Waals surface area contributed by atoms with Gasteiger partial charge < -0.3 is 4.84 Å². The first-order valence-corrected chi connectivity index (χ1v) is 7.73. The summed E-state index contributed by atoms with van der Waals surface area (Å²) in [5.74, 6) is -0.607. The molecule has 0 N–H and O–H groups in total. The first-order valence-electron chi connectivity index (χ1n) is 7.73. The van der Waals surface area contributed by atoms with Gasteiger partial charge in [-0.3, -0.25) is 0 Å². The summed E-state index contributed by atoms with van der Waals surface area (Å²) >= 11 is 0. The first-order chi connectivity index (χ1) is 11.6. The number of nitrogens with zero attached hydrogens (tertiary/aromatic N) is 4. The molecule has 0 atom stereocenters. The highest BCUT2D eigenvalue weighted by atomic mass is 16.7. The fraction of sp³-hybridized carbons (Fsp3) is 0.222. The fourth-order valence-electron chi connectivity index (χ4n) is 2.21. The Hall–Kier alpha value is -3.02. The molecule has 0 fully saturated rings. The molecule has 24 heavy (non-hydrogen) atoms. The Morgan fingerprint density at radius 1 is 1.21 bits per heavy atom. The van der Waals surface area contributed by atoms with Gasteiger partial charge in [0.05, 0.1) is 12.5 Å². The maximum absolute atomic E-state index is 11.7. The molecule has 3 aromatic rings. The number of hydrogen-bond donors (Lipinski definition) is 0. The van der Waals surface area contributed by atoms with Gasteiger partial charge in [-0.05, 0) is 16.8 Å². The molecule has 0 spiro atoms. The lowest BCUT2D eigenvalue weighted by molar-refractivity contribution is -0.147. The second-order valence-corrected chi connectivity index (χ2v) is 5.76. The Morgan fingerprint density at radius 2 is 2.00 bits per heavy atom. The van der Waals surface area contributed by atoms with Gasteiger partial charge in [0, 0.05) is 5.56 Å². The van der Waals surface area contributed by atoms with Crippen molar-refractivity contribution >= 4 is 22.5 Å². The number of carbonyl (C=O) groups is 1. The van der Waals surface area contributed by atoms with Crippen LogP contribution in [0.3, 0.4) is 0 Å². The van der Waals surface area contributed by atoms with Crippen molar-refractivity contribution in [2.24, 2.45) is 11.1 Å². The highest BCUT2D eigenvalue weighted by molar-refractivity contribution is 6.03. The summed E-state index contributed by atoms with van der Waals surface area (Å²) in [6, 6.07) is 14.1. The van der Waals surface area contributed by atoms with Crippen molar-refractivity contribution in [3.8, 4) is 0 Å². The SMILES string of the molecule is CC(C)C(=O)O/N=C(\Cn1cncn1)c1ccc2ccccc2c1. The fourth-order valence-corrected chi connectivity index (χ4v) is 2.21. The van der Waals surface area contributed by atoms with Crippen LogP contribution in [0.2, 0.25) is 0 Å². The lowest BCUT2D eigenvalue weighted by atomic mass is 10.0. The Balaban J connectivity index is 1.95. The van der Waals surface area contributed by atoms with Gasteiger partial charge in [0.15, 0.2) is 0 Å². The smallest absolute Gasteiger partial charge is 0.318 e. The maximum atomic E-state index is 11.7. The van der Waals surface area contributed by atoms with Crippen LogP contribution in [0.4, 0.5) is 0 Å². The Labute approximate surface area is 139 Å². The van der Waals surface area contributed by atoms with E-state index in [0.717, 1.165) is 16.3 Å². The van der Waals surface area contributed by atoms with Gasteiger partial charge in [0.2, 0.25) is 0 Å². The summed E-state index contributed by atoms with van der Waals surface area (Å²) in [6.45, 7) is 3.90. The van der Waals surface area contributed by atoms with Gasteiger partial charge in [-0.2, -0.15) is 5.10 Å². The molecule has 3 rings (SSSR count). The van der Waals surface area contributed by atoms with Crippen LogP contribution in [-0.2, 0) is 16.2 Å². The molecule has 0 saturated carbocycles. The minimum Gasteiger partial charge on any atom is -0.318 e. The van der Waals surface area contributed by atoms with E-state index >= 15 is 0 Å². The number of oxime groups is 1. The van der Waals surface area contributed by atoms with Gasteiger partial charge in [-0.25, -0.2) is 14.5 Å². The van der Waals surface area contributed by atoms with E-state index in [-0.39, 0.29) is 11.9 Å². The van der Waals surface area contributed by atoms with Crippen LogP contribution in [0.15, 0.2) is 60.3 Å². The van der Waals surface area contributed by atoms with Gasteiger partial charge in [0.1, 0.15) is 18.4 Å². The van der Waals surface area contributed by atoms with Crippen LogP contribution in [0.25, 0.3) is 10.8 Å². The maximum Gasteiger partial charge on any atom is 0.337 e. The molecule has 0 aliphatic rings. The molecule has 122 valence electrons. The van der Waals surface area contributed by atoms with Crippen LogP contribution < -0.4 is 0 Å². The minimum atomic E-state index is -0.369. The van der Waals surface area contributed by atoms with Crippen molar-refractivity contribution in [1.29, 1.82) is 0 Å². The van der Waals surface area contributed by atoms with E-state index in [4.69, 9.17) is 4.84 Å². The first kappa shape index (κ1) is 15.9. The number of fused-ring (bicyclic) bond motifs is 1. The molecule has 0 amide bonds. The molecule has 1 aromatic heterocycles. The summed E-state index contributed by atoms with van der Waals surface area (Å²) in [4.78, 5) is 20.7. The van der Waals surface area contributed by atoms with Gasteiger partial charge in [-0.15, -0.1) is 0 Å². The van der Waals surface area contributed by atoms with Crippen molar-refractivity contribution in [2.75, 3.05) is 0 Å². The largest absolute Gasteiger partial charge is 0.337 e. The van der Waals surface area contributed by atoms with Crippen molar-refractivity contribution in [3.05, 3.63) is 60.7 Å². The van der Waals surface area contributed by atoms with E-state index in [2.05, 4.69) is 15.2 Å². The minimum absolute atomic E-state index is 0.238. The molecule has 0 bridgehead atoms. The average molecular weight is 322 g/mol. The monoisotopic (exact) mass is 322 g/mol. The van der Waals surface area contributed by atoms with E-state index in [1.165, 1.54) is 6.33 Å². The molecule has 1 heterocycles. The van der Waals surface area contributed by atoms with E-state index in [1.54, 1.807) is 24.9 Å². The number of rotatable bonds is 5. The second-order valence-electron chi connectivity index (χ2n) is 5.76. The summed E-state index contributed by atoms with van der Waals surface area (Å²) < 4.78 is 1.64. The van der Waals surface area contributed by atoms with Crippen LogP contribution in [0, 0.1) is 5.92 Å². The van der Waals surface area contributed by atoms with Gasteiger partial charge in [0.25, 0.3) is 0 Å². The Kier molecular flexibility index (Phi) is 4.65. The quantitative estimate of drug-likeness (QED) is 0.411. The molecular formula is C18H18N4O2. The van der Waals surface area contributed by atoms with Gasteiger partial charge >= 0.3 is 5.97 Å². The lowest BCUT2D eigenvalue weighted by Crippen LogP contribution is -2.15. The predicted octanol–water partition coefficient (Wildman–Crippen LogP) is 3.03. The van der Waals surface area contributed by atoms with E-state index in [0.29, 0.717) is 12.3 Å². The number of carbonyl (C=O) groups excluding carboxylic acids is 1. The topological polar surface area (TPSA) is 69.4 Å². The summed E-state index contributed by atoms with van der Waals surface area (Å²) in [6.07, 6.45) is 3.05. The van der Waals surface area contributed by atoms with Crippen molar-refractivity contribution < 1.29 is 9.63 Å². The zero-order valence-electron chi connectivity index (χ0n) is 13.6. The Morgan fingerprint density at radius 3 is 2.71 bits per heavy atom. The number of benzene rings is 2. The van der Waals surface area contributed by atoms with Crippen LogP contribution in [-0.4, -0.2) is 26.4 Å². The summed E-state index contributed by atoms with van der Waals surface area (Å²) in [5, 5.41) is 10.4. The average Bonchev–Trinajstić information content (AvgIpc) is 3.10. The van der Waals surface area contributed by atoms with Crippen molar-refractivity contribution in [2.45, 2.75) is 20.4 Å². The molecule has 0 radical (unpaired) electrons. The molecule has 0 aliphatic heterocycles. The summed E-state index contributed by atoms with van der Waals surface area (Å²) in [7, 11) is 0. The summed E-state index contributed by atoms with van der Waals surface area (Å²) in [5.41, 5.74) is 1.49. The number of hydrogen-bond acceptors (Lipinski definition) is 5. The molecule has 2 aromatic carbocycles. The van der Waals surface area contributed by atoms with E-state index in [1.807, 2.05) is 42.5 Å². The molecule has 0 aliphatic carbocycles. The van der Waals surface area contributed by atoms with E-state index in [9.17, 15) is 4.79 Å². The van der Waals surface area contributed by atoms with Crippen LogP contribution >= 0.6 is 0 Å². The van der Waals surface area contributed by atoms with Crippen LogP contribution in [0.5, 0.6) is 0 Å². The number of aromatic nitrogens is 3. The lowest BCUT2D eigenvalue weighted by Gasteiger charge is -2.08. The third kappa shape index (κ3) is 3.65. The molecular weight excluding hydrogens is 304 g/mol. The van der Waals surface area contributed by atoms with Crippen molar-refractivity contribution in [1.82, 2.24) is 14.8 Å². The van der Waals surface area contributed by atoms with Crippen LogP contribution in [0.1, 0.15) is 19.4 Å². The predicted molar refractivity (Wildman–Crippen MR) is 91.4 cm³/mol. The molecule has 0 unspecified atom stereocenters. The molecule has 6 nitrogen and oxygen atoms in total. The van der Waals surface area contributed by atoms with E-state index < -0.39 is 0 Å². The highest BCUT2D eigenvalue weighted by Crippen LogP contribution is 2.17. The van der Waals surface area contributed by atoms with Crippen molar-refractivity contribution in [3.63, 3.8) is 0 Å². The molecule has 6 heteroatoms. The Bertz CT molecular complexity index is 870. The van der Waals surface area contributed by atoms with Gasteiger partial charge in [-0.1, -0.05) is 55.4 Å².